The molecule has 2 rings (SSSR count). The molecule has 0 aromatic heterocycles. The third-order valence-electron chi connectivity index (χ3n) is 3.47. The fourth-order valence-electron chi connectivity index (χ4n) is 2.20. The van der Waals surface area contributed by atoms with Crippen molar-refractivity contribution in [2.24, 2.45) is 0 Å². The highest BCUT2D eigenvalue weighted by Crippen LogP contribution is 2.22. The average molecular weight is 328 g/mol. The molecule has 1 amide bonds. The van der Waals surface area contributed by atoms with E-state index in [1.54, 1.807) is 31.4 Å². The Hall–Kier alpha value is -2.91. The average Bonchev–Trinajstić information content (AvgIpc) is 2.62. The molecule has 5 nitrogen and oxygen atoms in total. The van der Waals surface area contributed by atoms with Crippen LogP contribution in [0.5, 0.6) is 5.75 Å². The molecule has 124 valence electrons. The molecule has 2 aromatic carbocycles. The number of methoxy groups -OCH3 is 2. The number of nitrogens with zero attached hydrogens (tertiary/aromatic N) is 2. The second-order valence-corrected chi connectivity index (χ2v) is 4.96. The van der Waals surface area contributed by atoms with Crippen LogP contribution in [0.2, 0.25) is 0 Å². The SMILES string of the molecule is COCCN(C(=O)c1ccc(F)c(OC)c1)c1ccc(C#N)cc1. The van der Waals surface area contributed by atoms with Gasteiger partial charge in [-0.3, -0.25) is 4.79 Å². The summed E-state index contributed by atoms with van der Waals surface area (Å²) in [6.07, 6.45) is 0. The molecule has 6 heteroatoms. The fourth-order valence-corrected chi connectivity index (χ4v) is 2.20. The number of hydrogen-bond acceptors (Lipinski definition) is 4. The van der Waals surface area contributed by atoms with E-state index in [0.717, 1.165) is 0 Å². The first kappa shape index (κ1) is 17.4. The summed E-state index contributed by atoms with van der Waals surface area (Å²) in [5.41, 5.74) is 1.43. The predicted octanol–water partition coefficient (Wildman–Crippen LogP) is 3.00. The maximum Gasteiger partial charge on any atom is 0.258 e. The van der Waals surface area contributed by atoms with E-state index >= 15 is 0 Å². The van der Waals surface area contributed by atoms with Crippen molar-refractivity contribution in [1.82, 2.24) is 0 Å². The molecule has 0 aliphatic carbocycles. The number of amides is 1. The van der Waals surface area contributed by atoms with Gasteiger partial charge in [0.1, 0.15) is 0 Å². The van der Waals surface area contributed by atoms with Gasteiger partial charge in [-0.1, -0.05) is 0 Å². The van der Waals surface area contributed by atoms with Crippen molar-refractivity contribution in [2.75, 3.05) is 32.3 Å². The highest BCUT2D eigenvalue weighted by Gasteiger charge is 2.19. The largest absolute Gasteiger partial charge is 0.494 e. The Balaban J connectivity index is 2.35. The van der Waals surface area contributed by atoms with Crippen molar-refractivity contribution in [3.05, 3.63) is 59.4 Å². The normalized spacial score (nSPS) is 10.1. The first-order valence-corrected chi connectivity index (χ1v) is 7.25. The maximum atomic E-state index is 13.5. The van der Waals surface area contributed by atoms with Gasteiger partial charge >= 0.3 is 0 Å². The number of benzene rings is 2. The molecule has 0 heterocycles. The minimum atomic E-state index is -0.532. The molecule has 0 N–H and O–H groups in total. The first-order valence-electron chi connectivity index (χ1n) is 7.25. The number of nitriles is 1. The number of rotatable bonds is 6. The second kappa shape index (κ2) is 8.09. The Morgan fingerprint density at radius 2 is 1.92 bits per heavy atom. The summed E-state index contributed by atoms with van der Waals surface area (Å²) < 4.78 is 23.5. The Labute approximate surface area is 139 Å². The third-order valence-corrected chi connectivity index (χ3v) is 3.47. The third kappa shape index (κ3) is 3.89. The summed E-state index contributed by atoms with van der Waals surface area (Å²) in [6, 6.07) is 12.6. The quantitative estimate of drug-likeness (QED) is 0.818. The lowest BCUT2D eigenvalue weighted by molar-refractivity contribution is 0.0975. The minimum absolute atomic E-state index is 0.00682. The number of carbonyl (C=O) groups excluding carboxylic acids is 1. The van der Waals surface area contributed by atoms with Crippen molar-refractivity contribution in [3.63, 3.8) is 0 Å². The summed E-state index contributed by atoms with van der Waals surface area (Å²) in [6.45, 7) is 0.658. The van der Waals surface area contributed by atoms with Crippen molar-refractivity contribution >= 4 is 11.6 Å². The second-order valence-electron chi connectivity index (χ2n) is 4.96. The zero-order chi connectivity index (χ0) is 17.5. The van der Waals surface area contributed by atoms with Crippen LogP contribution in [-0.2, 0) is 4.74 Å². The van der Waals surface area contributed by atoms with E-state index < -0.39 is 5.82 Å². The fraction of sp³-hybridized carbons (Fsp3) is 0.222. The summed E-state index contributed by atoms with van der Waals surface area (Å²) in [5, 5.41) is 8.88. The standard InChI is InChI=1S/C18H17FN2O3/c1-23-10-9-21(15-6-3-13(12-20)4-7-15)18(22)14-5-8-16(19)17(11-14)24-2/h3-8,11H,9-10H2,1-2H3. The van der Waals surface area contributed by atoms with Crippen molar-refractivity contribution in [3.8, 4) is 11.8 Å². The molecule has 0 spiro atoms. The Bertz CT molecular complexity index is 754. The Morgan fingerprint density at radius 3 is 2.50 bits per heavy atom. The van der Waals surface area contributed by atoms with Gasteiger partial charge in [-0.25, -0.2) is 4.39 Å². The van der Waals surface area contributed by atoms with Gasteiger partial charge < -0.3 is 14.4 Å². The highest BCUT2D eigenvalue weighted by molar-refractivity contribution is 6.06. The molecule has 0 saturated heterocycles. The molecule has 0 bridgehead atoms. The van der Waals surface area contributed by atoms with E-state index in [0.29, 0.717) is 30.0 Å². The molecule has 0 aliphatic rings. The summed E-state index contributed by atoms with van der Waals surface area (Å²) in [5.74, 6) is -0.835. The lowest BCUT2D eigenvalue weighted by Crippen LogP contribution is -2.34. The first-order chi connectivity index (χ1) is 11.6. The van der Waals surface area contributed by atoms with Crippen LogP contribution < -0.4 is 9.64 Å². The molecule has 0 aliphatic heterocycles. The van der Waals surface area contributed by atoms with Crippen molar-refractivity contribution in [1.29, 1.82) is 5.26 Å². The van der Waals surface area contributed by atoms with Gasteiger partial charge in [-0.05, 0) is 42.5 Å². The van der Waals surface area contributed by atoms with Crippen LogP contribution in [0.1, 0.15) is 15.9 Å². The smallest absolute Gasteiger partial charge is 0.258 e. The van der Waals surface area contributed by atoms with E-state index in [9.17, 15) is 9.18 Å². The number of carbonyl (C=O) groups is 1. The van der Waals surface area contributed by atoms with Crippen LogP contribution in [0.4, 0.5) is 10.1 Å². The van der Waals surface area contributed by atoms with Crippen LogP contribution in [0.3, 0.4) is 0 Å². The van der Waals surface area contributed by atoms with Crippen LogP contribution >= 0.6 is 0 Å². The van der Waals surface area contributed by atoms with Gasteiger partial charge in [-0.2, -0.15) is 5.26 Å². The van der Waals surface area contributed by atoms with E-state index in [4.69, 9.17) is 14.7 Å². The number of hydrogen-bond donors (Lipinski definition) is 0. The Kier molecular flexibility index (Phi) is 5.88. The molecular formula is C18H17FN2O3. The molecule has 24 heavy (non-hydrogen) atoms. The van der Waals surface area contributed by atoms with Gasteiger partial charge in [0, 0.05) is 24.9 Å². The van der Waals surface area contributed by atoms with Crippen molar-refractivity contribution < 1.29 is 18.7 Å². The van der Waals surface area contributed by atoms with Gasteiger partial charge in [0.05, 0.1) is 25.3 Å². The van der Waals surface area contributed by atoms with Gasteiger partial charge in [0.15, 0.2) is 11.6 Å². The van der Waals surface area contributed by atoms with E-state index in [1.807, 2.05) is 6.07 Å². The van der Waals surface area contributed by atoms with Crippen LogP contribution in [0.25, 0.3) is 0 Å². The maximum absolute atomic E-state index is 13.5. The van der Waals surface area contributed by atoms with Crippen LogP contribution in [-0.4, -0.2) is 33.3 Å². The van der Waals surface area contributed by atoms with E-state index in [2.05, 4.69) is 0 Å². The number of anilines is 1. The van der Waals surface area contributed by atoms with Crippen LogP contribution in [0.15, 0.2) is 42.5 Å². The summed E-state index contributed by atoms with van der Waals surface area (Å²) in [4.78, 5) is 14.3. The number of ether oxygens (including phenoxy) is 2. The molecule has 0 saturated carbocycles. The highest BCUT2D eigenvalue weighted by atomic mass is 19.1. The van der Waals surface area contributed by atoms with E-state index in [1.165, 1.54) is 30.2 Å². The predicted molar refractivity (Wildman–Crippen MR) is 87.7 cm³/mol. The molecular weight excluding hydrogens is 311 g/mol. The zero-order valence-electron chi connectivity index (χ0n) is 13.5. The molecule has 2 aromatic rings. The van der Waals surface area contributed by atoms with Crippen LogP contribution in [0, 0.1) is 17.1 Å². The summed E-state index contributed by atoms with van der Waals surface area (Å²) in [7, 11) is 2.89. The Morgan fingerprint density at radius 1 is 1.21 bits per heavy atom. The molecule has 0 unspecified atom stereocenters. The molecule has 0 atom stereocenters. The minimum Gasteiger partial charge on any atom is -0.494 e. The number of halogens is 1. The lowest BCUT2D eigenvalue weighted by Gasteiger charge is -2.23. The van der Waals surface area contributed by atoms with E-state index in [-0.39, 0.29) is 11.7 Å². The molecule has 0 fully saturated rings. The van der Waals surface area contributed by atoms with Gasteiger partial charge in [0.25, 0.3) is 5.91 Å². The van der Waals surface area contributed by atoms with Crippen molar-refractivity contribution in [2.45, 2.75) is 0 Å². The summed E-state index contributed by atoms with van der Waals surface area (Å²) >= 11 is 0. The van der Waals surface area contributed by atoms with Gasteiger partial charge in [0.2, 0.25) is 0 Å². The zero-order valence-corrected chi connectivity index (χ0v) is 13.5. The topological polar surface area (TPSA) is 62.6 Å². The molecule has 0 radical (unpaired) electrons. The van der Waals surface area contributed by atoms with Gasteiger partial charge in [-0.15, -0.1) is 0 Å². The monoisotopic (exact) mass is 328 g/mol. The lowest BCUT2D eigenvalue weighted by atomic mass is 10.1.